The summed E-state index contributed by atoms with van der Waals surface area (Å²) in [6, 6.07) is 8.95. The van der Waals surface area contributed by atoms with Gasteiger partial charge in [-0.05, 0) is 40.2 Å². The largest absolute Gasteiger partial charge is 0.495 e. The van der Waals surface area contributed by atoms with Crippen molar-refractivity contribution in [3.63, 3.8) is 0 Å². The van der Waals surface area contributed by atoms with Crippen LogP contribution in [0.25, 0.3) is 0 Å². The fraction of sp³-hybridized carbons (Fsp3) is 0.364. The van der Waals surface area contributed by atoms with Gasteiger partial charge in [-0.15, -0.1) is 0 Å². The van der Waals surface area contributed by atoms with Crippen molar-refractivity contribution in [2.75, 3.05) is 43.5 Å². The molecule has 1 N–H and O–H groups in total. The SMILES string of the molecule is COc1c(Br)cc(Br)cc1C(=O)Nc1cccc(Cl)c1N1CCN(C(=O)C(C)C)CC1. The zero-order valence-electron chi connectivity index (χ0n) is 17.5. The Morgan fingerprint density at radius 1 is 1.13 bits per heavy atom. The number of para-hydroxylation sites is 1. The number of ether oxygens (including phenoxy) is 1. The van der Waals surface area contributed by atoms with Crippen molar-refractivity contribution in [3.05, 3.63) is 49.9 Å². The number of halogens is 3. The van der Waals surface area contributed by atoms with Gasteiger partial charge < -0.3 is 19.9 Å². The number of carbonyl (C=O) groups excluding carboxylic acids is 2. The van der Waals surface area contributed by atoms with E-state index in [1.165, 1.54) is 7.11 Å². The second-order valence-corrected chi connectivity index (χ2v) is 9.70. The normalized spacial score (nSPS) is 14.0. The molecule has 0 atom stereocenters. The van der Waals surface area contributed by atoms with Gasteiger partial charge in [-0.3, -0.25) is 9.59 Å². The molecule has 0 spiro atoms. The molecule has 0 unspecified atom stereocenters. The Bertz CT molecular complexity index is 992. The van der Waals surface area contributed by atoms with E-state index in [2.05, 4.69) is 42.1 Å². The Morgan fingerprint density at radius 2 is 1.81 bits per heavy atom. The lowest BCUT2D eigenvalue weighted by molar-refractivity contribution is -0.134. The van der Waals surface area contributed by atoms with E-state index < -0.39 is 0 Å². The summed E-state index contributed by atoms with van der Waals surface area (Å²) in [6.45, 7) is 6.31. The zero-order chi connectivity index (χ0) is 22.7. The average Bonchev–Trinajstić information content (AvgIpc) is 2.73. The fourth-order valence-corrected chi connectivity index (χ4v) is 5.26. The number of nitrogens with one attached hydrogen (secondary N) is 1. The standard InChI is InChI=1S/C22H24Br2ClN3O3/c1-13(2)22(30)28-9-7-27(8-10-28)19-17(25)5-4-6-18(19)26-21(29)15-11-14(23)12-16(24)20(15)31-3/h4-6,11-13H,7-10H2,1-3H3,(H,26,29). The summed E-state index contributed by atoms with van der Waals surface area (Å²) in [5.41, 5.74) is 1.75. The molecule has 2 amide bonds. The molecule has 0 aromatic heterocycles. The number of amides is 2. The molecule has 0 radical (unpaired) electrons. The maximum atomic E-state index is 13.1. The third kappa shape index (κ3) is 5.35. The molecular formula is C22H24Br2ClN3O3. The molecule has 2 aromatic rings. The molecule has 0 aliphatic carbocycles. The van der Waals surface area contributed by atoms with Gasteiger partial charge in [-0.25, -0.2) is 0 Å². The third-order valence-corrected chi connectivity index (χ3v) is 6.45. The van der Waals surface area contributed by atoms with Crippen molar-refractivity contribution < 1.29 is 14.3 Å². The van der Waals surface area contributed by atoms with Gasteiger partial charge in [0.1, 0.15) is 5.75 Å². The lowest BCUT2D eigenvalue weighted by Gasteiger charge is -2.38. The Kier molecular flexibility index (Phi) is 7.88. The number of piperazine rings is 1. The van der Waals surface area contributed by atoms with Crippen LogP contribution in [0.3, 0.4) is 0 Å². The van der Waals surface area contributed by atoms with Crippen molar-refractivity contribution in [3.8, 4) is 5.75 Å². The highest BCUT2D eigenvalue weighted by atomic mass is 79.9. The summed E-state index contributed by atoms with van der Waals surface area (Å²) in [5.74, 6) is 0.266. The monoisotopic (exact) mass is 571 g/mol. The number of hydrogen-bond donors (Lipinski definition) is 1. The molecule has 1 saturated heterocycles. The van der Waals surface area contributed by atoms with Crippen molar-refractivity contribution in [1.82, 2.24) is 4.90 Å². The highest BCUT2D eigenvalue weighted by Gasteiger charge is 2.26. The van der Waals surface area contributed by atoms with E-state index in [4.69, 9.17) is 16.3 Å². The van der Waals surface area contributed by atoms with Gasteiger partial charge in [0.25, 0.3) is 5.91 Å². The van der Waals surface area contributed by atoms with Gasteiger partial charge >= 0.3 is 0 Å². The van der Waals surface area contributed by atoms with E-state index in [1.54, 1.807) is 18.2 Å². The van der Waals surface area contributed by atoms with E-state index in [9.17, 15) is 9.59 Å². The predicted molar refractivity (Wildman–Crippen MR) is 131 cm³/mol. The molecule has 0 bridgehead atoms. The first-order chi connectivity index (χ1) is 14.7. The Morgan fingerprint density at radius 3 is 2.42 bits per heavy atom. The molecule has 1 aliphatic rings. The summed E-state index contributed by atoms with van der Waals surface area (Å²) in [7, 11) is 1.52. The predicted octanol–water partition coefficient (Wildman–Crippen LogP) is 5.43. The number of rotatable bonds is 5. The average molecular weight is 574 g/mol. The molecular weight excluding hydrogens is 550 g/mol. The molecule has 2 aromatic carbocycles. The molecule has 9 heteroatoms. The van der Waals surface area contributed by atoms with E-state index in [0.29, 0.717) is 52.7 Å². The lowest BCUT2D eigenvalue weighted by atomic mass is 10.1. The number of nitrogens with zero attached hydrogens (tertiary/aromatic N) is 2. The molecule has 166 valence electrons. The summed E-state index contributed by atoms with van der Waals surface area (Å²) >= 11 is 13.4. The molecule has 31 heavy (non-hydrogen) atoms. The van der Waals surface area contributed by atoms with Crippen LogP contribution in [0.5, 0.6) is 5.75 Å². The maximum absolute atomic E-state index is 13.1. The summed E-state index contributed by atoms with van der Waals surface area (Å²) in [6.07, 6.45) is 0. The highest BCUT2D eigenvalue weighted by molar-refractivity contribution is 9.11. The highest BCUT2D eigenvalue weighted by Crippen LogP contribution is 2.37. The summed E-state index contributed by atoms with van der Waals surface area (Å²) < 4.78 is 6.84. The topological polar surface area (TPSA) is 61.9 Å². The van der Waals surface area contributed by atoms with Gasteiger partial charge in [0.15, 0.2) is 0 Å². The van der Waals surface area contributed by atoms with Crippen molar-refractivity contribution >= 4 is 66.6 Å². The van der Waals surface area contributed by atoms with Crippen molar-refractivity contribution in [2.24, 2.45) is 5.92 Å². The van der Waals surface area contributed by atoms with Crippen LogP contribution in [0.2, 0.25) is 5.02 Å². The third-order valence-electron chi connectivity index (χ3n) is 5.09. The first-order valence-electron chi connectivity index (χ1n) is 9.89. The van der Waals surface area contributed by atoms with Gasteiger partial charge in [0.2, 0.25) is 5.91 Å². The van der Waals surface area contributed by atoms with Crippen LogP contribution in [-0.4, -0.2) is 50.0 Å². The number of methoxy groups -OCH3 is 1. The Hall–Kier alpha value is -1.77. The number of hydrogen-bond acceptors (Lipinski definition) is 4. The fourth-order valence-electron chi connectivity index (χ4n) is 3.58. The van der Waals surface area contributed by atoms with Crippen LogP contribution in [-0.2, 0) is 4.79 Å². The molecule has 1 fully saturated rings. The maximum Gasteiger partial charge on any atom is 0.259 e. The van der Waals surface area contributed by atoms with Crippen molar-refractivity contribution in [1.29, 1.82) is 0 Å². The van der Waals surface area contributed by atoms with Gasteiger partial charge in [-0.1, -0.05) is 47.4 Å². The van der Waals surface area contributed by atoms with Crippen LogP contribution < -0.4 is 15.0 Å². The minimum absolute atomic E-state index is 0.0267. The minimum Gasteiger partial charge on any atom is -0.495 e. The Labute approximate surface area is 204 Å². The van der Waals surface area contributed by atoms with Crippen LogP contribution >= 0.6 is 43.5 Å². The van der Waals surface area contributed by atoms with Crippen molar-refractivity contribution in [2.45, 2.75) is 13.8 Å². The van der Waals surface area contributed by atoms with E-state index in [1.807, 2.05) is 30.9 Å². The number of carbonyl (C=O) groups is 2. The van der Waals surface area contributed by atoms with E-state index in [0.717, 1.165) is 10.2 Å². The van der Waals surface area contributed by atoms with Gasteiger partial charge in [0, 0.05) is 36.6 Å². The summed E-state index contributed by atoms with van der Waals surface area (Å²) in [5, 5.41) is 3.52. The molecule has 3 rings (SSSR count). The van der Waals surface area contributed by atoms with Crippen LogP contribution in [0.4, 0.5) is 11.4 Å². The second kappa shape index (κ2) is 10.2. The summed E-state index contributed by atoms with van der Waals surface area (Å²) in [4.78, 5) is 29.4. The number of anilines is 2. The van der Waals surface area contributed by atoms with Crippen LogP contribution in [0.1, 0.15) is 24.2 Å². The smallest absolute Gasteiger partial charge is 0.259 e. The van der Waals surface area contributed by atoms with E-state index in [-0.39, 0.29) is 17.7 Å². The second-order valence-electron chi connectivity index (χ2n) is 7.53. The van der Waals surface area contributed by atoms with Gasteiger partial charge in [0.05, 0.1) is 33.5 Å². The molecule has 1 heterocycles. The Balaban J connectivity index is 1.85. The first kappa shape index (κ1) is 23.9. The number of benzene rings is 2. The quantitative estimate of drug-likeness (QED) is 0.518. The van der Waals surface area contributed by atoms with Crippen LogP contribution in [0.15, 0.2) is 39.3 Å². The first-order valence-corrected chi connectivity index (χ1v) is 11.9. The lowest BCUT2D eigenvalue weighted by Crippen LogP contribution is -2.50. The molecule has 6 nitrogen and oxygen atoms in total. The van der Waals surface area contributed by atoms with Crippen LogP contribution in [0, 0.1) is 5.92 Å². The zero-order valence-corrected chi connectivity index (χ0v) is 21.5. The molecule has 1 aliphatic heterocycles. The minimum atomic E-state index is -0.309. The van der Waals surface area contributed by atoms with Gasteiger partial charge in [-0.2, -0.15) is 0 Å². The van der Waals surface area contributed by atoms with E-state index >= 15 is 0 Å². The molecule has 0 saturated carbocycles.